The number of carbonyl (C=O) groups is 1. The fourth-order valence-electron chi connectivity index (χ4n) is 3.09. The van der Waals surface area contributed by atoms with E-state index in [-0.39, 0.29) is 11.8 Å². The molecule has 1 aromatic rings. The van der Waals surface area contributed by atoms with Crippen LogP contribution in [0.25, 0.3) is 0 Å². The van der Waals surface area contributed by atoms with Crippen molar-refractivity contribution in [1.29, 1.82) is 0 Å². The summed E-state index contributed by atoms with van der Waals surface area (Å²) in [6, 6.07) is 8.13. The van der Waals surface area contributed by atoms with Crippen LogP contribution < -0.4 is 15.0 Å². The number of nitrogens with one attached hydrogen (secondary N) is 1. The second kappa shape index (κ2) is 8.06. The second-order valence-corrected chi connectivity index (χ2v) is 6.21. The van der Waals surface area contributed by atoms with Crippen LogP contribution in [-0.4, -0.2) is 32.7 Å². The number of para-hydroxylation sites is 2. The molecule has 1 fully saturated rings. The Balaban J connectivity index is 1.84. The highest BCUT2D eigenvalue weighted by molar-refractivity contribution is 5.78. The minimum Gasteiger partial charge on any atom is -0.495 e. The maximum Gasteiger partial charge on any atom is 0.222 e. The van der Waals surface area contributed by atoms with E-state index in [1.54, 1.807) is 7.11 Å². The van der Waals surface area contributed by atoms with Crippen LogP contribution in [0.2, 0.25) is 0 Å². The van der Waals surface area contributed by atoms with Crippen molar-refractivity contribution in [1.82, 2.24) is 5.32 Å². The van der Waals surface area contributed by atoms with E-state index in [2.05, 4.69) is 23.2 Å². The van der Waals surface area contributed by atoms with Gasteiger partial charge in [-0.2, -0.15) is 0 Å². The molecule has 4 heteroatoms. The highest BCUT2D eigenvalue weighted by atomic mass is 16.5. The van der Waals surface area contributed by atoms with Gasteiger partial charge in [-0.15, -0.1) is 0 Å². The minimum absolute atomic E-state index is 0.122. The third-order valence-corrected chi connectivity index (χ3v) is 4.45. The maximum atomic E-state index is 12.0. The van der Waals surface area contributed by atoms with Crippen molar-refractivity contribution in [2.24, 2.45) is 11.8 Å². The van der Waals surface area contributed by atoms with Crippen LogP contribution in [0, 0.1) is 11.8 Å². The van der Waals surface area contributed by atoms with E-state index in [4.69, 9.17) is 4.74 Å². The molecule has 1 heterocycles. The molecule has 2 rings (SSSR count). The smallest absolute Gasteiger partial charge is 0.222 e. The number of hydrogen-bond donors (Lipinski definition) is 1. The Kier molecular flexibility index (Phi) is 6.10. The topological polar surface area (TPSA) is 41.6 Å². The Labute approximate surface area is 133 Å². The van der Waals surface area contributed by atoms with E-state index in [1.165, 1.54) is 0 Å². The zero-order valence-corrected chi connectivity index (χ0v) is 14.0. The van der Waals surface area contributed by atoms with E-state index >= 15 is 0 Å². The first-order valence-corrected chi connectivity index (χ1v) is 8.31. The van der Waals surface area contributed by atoms with Crippen molar-refractivity contribution in [2.45, 2.75) is 33.1 Å². The summed E-state index contributed by atoms with van der Waals surface area (Å²) in [5, 5.41) is 3.11. The van der Waals surface area contributed by atoms with Gasteiger partial charge in [0.1, 0.15) is 5.75 Å². The van der Waals surface area contributed by atoms with Crippen LogP contribution in [0.4, 0.5) is 5.69 Å². The van der Waals surface area contributed by atoms with Gasteiger partial charge in [0.25, 0.3) is 0 Å². The number of benzene rings is 1. The van der Waals surface area contributed by atoms with E-state index < -0.39 is 0 Å². The monoisotopic (exact) mass is 304 g/mol. The molecule has 1 aliphatic heterocycles. The van der Waals surface area contributed by atoms with E-state index in [0.717, 1.165) is 50.3 Å². The predicted octanol–water partition coefficient (Wildman–Crippen LogP) is 3.07. The summed E-state index contributed by atoms with van der Waals surface area (Å²) in [5.41, 5.74) is 1.15. The number of ether oxygens (including phenoxy) is 1. The van der Waals surface area contributed by atoms with Gasteiger partial charge in [0, 0.05) is 25.6 Å². The average Bonchev–Trinajstić information content (AvgIpc) is 3.01. The molecule has 0 bridgehead atoms. The van der Waals surface area contributed by atoms with Gasteiger partial charge in [-0.1, -0.05) is 32.4 Å². The summed E-state index contributed by atoms with van der Waals surface area (Å²) < 4.78 is 5.44. The van der Waals surface area contributed by atoms with Crippen molar-refractivity contribution in [3.05, 3.63) is 24.3 Å². The zero-order chi connectivity index (χ0) is 15.9. The molecule has 22 heavy (non-hydrogen) atoms. The molecule has 0 spiro atoms. The van der Waals surface area contributed by atoms with Crippen LogP contribution in [0.1, 0.15) is 33.1 Å². The molecule has 1 N–H and O–H groups in total. The van der Waals surface area contributed by atoms with Gasteiger partial charge in [0.05, 0.1) is 12.8 Å². The summed E-state index contributed by atoms with van der Waals surface area (Å²) in [5.74, 6) is 1.75. The van der Waals surface area contributed by atoms with Crippen molar-refractivity contribution in [2.75, 3.05) is 31.6 Å². The van der Waals surface area contributed by atoms with Crippen LogP contribution >= 0.6 is 0 Å². The molecule has 1 aliphatic rings. The largest absolute Gasteiger partial charge is 0.495 e. The van der Waals surface area contributed by atoms with Gasteiger partial charge in [0.15, 0.2) is 0 Å². The van der Waals surface area contributed by atoms with Crippen molar-refractivity contribution in [3.8, 4) is 5.75 Å². The van der Waals surface area contributed by atoms with Gasteiger partial charge in [-0.3, -0.25) is 4.79 Å². The normalized spacial score (nSPS) is 19.0. The number of methoxy groups -OCH3 is 1. The molecular weight excluding hydrogens is 276 g/mol. The molecule has 0 radical (unpaired) electrons. The molecule has 1 aromatic carbocycles. The first-order chi connectivity index (χ1) is 10.7. The van der Waals surface area contributed by atoms with Crippen LogP contribution in [0.15, 0.2) is 24.3 Å². The summed E-state index contributed by atoms with van der Waals surface area (Å²) in [7, 11) is 1.71. The molecule has 0 saturated carbocycles. The number of amides is 1. The summed E-state index contributed by atoms with van der Waals surface area (Å²) >= 11 is 0. The van der Waals surface area contributed by atoms with E-state index in [0.29, 0.717) is 5.92 Å². The SMILES string of the molecule is CCC[C@H](C)C(=O)NC[C@H]1CCN(c2ccccc2OC)C1. The molecule has 0 unspecified atom stereocenters. The fraction of sp³-hybridized carbons (Fsp3) is 0.611. The third kappa shape index (κ3) is 4.15. The fourth-order valence-corrected chi connectivity index (χ4v) is 3.09. The lowest BCUT2D eigenvalue weighted by atomic mass is 10.0. The minimum atomic E-state index is 0.122. The molecule has 0 aliphatic carbocycles. The highest BCUT2D eigenvalue weighted by Gasteiger charge is 2.25. The summed E-state index contributed by atoms with van der Waals surface area (Å²) in [4.78, 5) is 14.3. The Morgan fingerprint density at radius 1 is 1.45 bits per heavy atom. The highest BCUT2D eigenvalue weighted by Crippen LogP contribution is 2.31. The number of rotatable bonds is 7. The number of anilines is 1. The summed E-state index contributed by atoms with van der Waals surface area (Å²) in [6.07, 6.45) is 3.13. The van der Waals surface area contributed by atoms with Crippen LogP contribution in [-0.2, 0) is 4.79 Å². The quantitative estimate of drug-likeness (QED) is 0.841. The van der Waals surface area contributed by atoms with Gasteiger partial charge in [0.2, 0.25) is 5.91 Å². The Bertz CT molecular complexity index is 490. The lowest BCUT2D eigenvalue weighted by molar-refractivity contribution is -0.124. The van der Waals surface area contributed by atoms with Crippen molar-refractivity contribution in [3.63, 3.8) is 0 Å². The van der Waals surface area contributed by atoms with Crippen LogP contribution in [0.5, 0.6) is 5.75 Å². The van der Waals surface area contributed by atoms with Gasteiger partial charge in [-0.05, 0) is 30.9 Å². The van der Waals surface area contributed by atoms with Gasteiger partial charge < -0.3 is 15.0 Å². The lowest BCUT2D eigenvalue weighted by Crippen LogP contribution is -2.34. The number of hydrogen-bond acceptors (Lipinski definition) is 3. The molecule has 4 nitrogen and oxygen atoms in total. The van der Waals surface area contributed by atoms with E-state index in [9.17, 15) is 4.79 Å². The zero-order valence-electron chi connectivity index (χ0n) is 14.0. The molecule has 1 saturated heterocycles. The summed E-state index contributed by atoms with van der Waals surface area (Å²) in [6.45, 7) is 6.90. The van der Waals surface area contributed by atoms with E-state index in [1.807, 2.05) is 25.1 Å². The molecule has 1 amide bonds. The van der Waals surface area contributed by atoms with Gasteiger partial charge in [-0.25, -0.2) is 0 Å². The first-order valence-electron chi connectivity index (χ1n) is 8.31. The average molecular weight is 304 g/mol. The second-order valence-electron chi connectivity index (χ2n) is 6.21. The predicted molar refractivity (Wildman–Crippen MR) is 90.4 cm³/mol. The first kappa shape index (κ1) is 16.7. The number of carbonyl (C=O) groups excluding carboxylic acids is 1. The Hall–Kier alpha value is -1.71. The molecule has 0 aromatic heterocycles. The Morgan fingerprint density at radius 2 is 2.23 bits per heavy atom. The lowest BCUT2D eigenvalue weighted by Gasteiger charge is -2.21. The molecular formula is C18H28N2O2. The van der Waals surface area contributed by atoms with Crippen LogP contribution in [0.3, 0.4) is 0 Å². The molecule has 122 valence electrons. The number of nitrogens with zero attached hydrogens (tertiary/aromatic N) is 1. The van der Waals surface area contributed by atoms with Crippen molar-refractivity contribution < 1.29 is 9.53 Å². The maximum absolute atomic E-state index is 12.0. The third-order valence-electron chi connectivity index (χ3n) is 4.45. The molecule has 2 atom stereocenters. The standard InChI is InChI=1S/C18H28N2O2/c1-4-7-14(2)18(21)19-12-15-10-11-20(13-15)16-8-5-6-9-17(16)22-3/h5-6,8-9,14-15H,4,7,10-13H2,1-3H3,(H,19,21)/t14-,15+/m0/s1. The van der Waals surface area contributed by atoms with Crippen molar-refractivity contribution >= 4 is 11.6 Å². The Morgan fingerprint density at radius 3 is 2.95 bits per heavy atom. The van der Waals surface area contributed by atoms with Gasteiger partial charge >= 0.3 is 0 Å².